The fourth-order valence-electron chi connectivity index (χ4n) is 2.06. The maximum atomic E-state index is 12.2. The van der Waals surface area contributed by atoms with E-state index in [0.29, 0.717) is 0 Å². The van der Waals surface area contributed by atoms with E-state index in [9.17, 15) is 23.3 Å². The third kappa shape index (κ3) is 4.77. The molecule has 0 atom stereocenters. The monoisotopic (exact) mass is 379 g/mol. The molecule has 0 bridgehead atoms. The molecule has 2 N–H and O–H groups in total. The number of ether oxygens (including phenoxy) is 1. The average Bonchev–Trinajstić information content (AvgIpc) is 2.60. The van der Waals surface area contributed by atoms with E-state index in [4.69, 9.17) is 4.74 Å². The Morgan fingerprint density at radius 2 is 1.85 bits per heavy atom. The first-order valence-corrected chi connectivity index (χ1v) is 8.90. The smallest absolute Gasteiger partial charge is 0.271 e. The van der Waals surface area contributed by atoms with Crippen molar-refractivity contribution in [3.8, 4) is 5.75 Å². The lowest BCUT2D eigenvalue weighted by atomic mass is 10.2. The number of nitro groups is 1. The predicted octanol–water partition coefficient (Wildman–Crippen LogP) is 1.83. The van der Waals surface area contributed by atoms with Gasteiger partial charge in [0.05, 0.1) is 29.2 Å². The van der Waals surface area contributed by atoms with Gasteiger partial charge in [-0.15, -0.1) is 0 Å². The highest BCUT2D eigenvalue weighted by molar-refractivity contribution is 7.89. The predicted molar refractivity (Wildman–Crippen MR) is 94.6 cm³/mol. The molecule has 2 aromatic carbocycles. The summed E-state index contributed by atoms with van der Waals surface area (Å²) in [6.45, 7) is 1.28. The SMILES string of the molecule is COc1ccc([N+](=O)[O-])cc1NC(=O)CNS(=O)(=O)c1ccc(C)cc1. The van der Waals surface area contributed by atoms with Gasteiger partial charge in [0.15, 0.2) is 0 Å². The fourth-order valence-corrected chi connectivity index (χ4v) is 3.05. The van der Waals surface area contributed by atoms with Crippen LogP contribution in [0.1, 0.15) is 5.56 Å². The standard InChI is InChI=1S/C16H17N3O6S/c1-11-3-6-13(7-4-11)26(23,24)17-10-16(20)18-14-9-12(19(21)22)5-8-15(14)25-2/h3-9,17H,10H2,1-2H3,(H,18,20). The summed E-state index contributed by atoms with van der Waals surface area (Å²) in [7, 11) is -2.51. The quantitative estimate of drug-likeness (QED) is 0.558. The minimum atomic E-state index is -3.85. The molecular weight excluding hydrogens is 362 g/mol. The van der Waals surface area contributed by atoms with Crippen LogP contribution in [0.25, 0.3) is 0 Å². The van der Waals surface area contributed by atoms with Gasteiger partial charge in [-0.2, -0.15) is 0 Å². The molecule has 10 heteroatoms. The molecule has 0 radical (unpaired) electrons. The molecule has 2 aromatic rings. The van der Waals surface area contributed by atoms with Crippen LogP contribution in [0.2, 0.25) is 0 Å². The van der Waals surface area contributed by atoms with Crippen molar-refractivity contribution in [1.82, 2.24) is 4.72 Å². The van der Waals surface area contributed by atoms with Gasteiger partial charge < -0.3 is 10.1 Å². The molecule has 2 rings (SSSR count). The van der Waals surface area contributed by atoms with E-state index in [1.807, 2.05) is 6.92 Å². The van der Waals surface area contributed by atoms with E-state index >= 15 is 0 Å². The number of aryl methyl sites for hydroxylation is 1. The molecule has 0 aliphatic carbocycles. The van der Waals surface area contributed by atoms with E-state index in [1.54, 1.807) is 12.1 Å². The Bertz CT molecular complexity index is 926. The zero-order valence-corrected chi connectivity index (χ0v) is 14.9. The van der Waals surface area contributed by atoms with Crippen molar-refractivity contribution in [2.75, 3.05) is 19.0 Å². The highest BCUT2D eigenvalue weighted by Gasteiger charge is 2.17. The van der Waals surface area contributed by atoms with Gasteiger partial charge in [0, 0.05) is 12.1 Å². The lowest BCUT2D eigenvalue weighted by Gasteiger charge is -2.11. The van der Waals surface area contributed by atoms with Crippen LogP contribution in [0.3, 0.4) is 0 Å². The van der Waals surface area contributed by atoms with Gasteiger partial charge in [0.25, 0.3) is 5.69 Å². The summed E-state index contributed by atoms with van der Waals surface area (Å²) in [6, 6.07) is 9.84. The number of amides is 1. The number of nitrogens with zero attached hydrogens (tertiary/aromatic N) is 1. The van der Waals surface area contributed by atoms with Gasteiger partial charge in [-0.3, -0.25) is 14.9 Å². The van der Waals surface area contributed by atoms with E-state index in [0.717, 1.165) is 11.6 Å². The van der Waals surface area contributed by atoms with Gasteiger partial charge in [-0.05, 0) is 25.1 Å². The largest absolute Gasteiger partial charge is 0.495 e. The number of anilines is 1. The van der Waals surface area contributed by atoms with E-state index in [-0.39, 0.29) is 22.0 Å². The first-order valence-electron chi connectivity index (χ1n) is 7.41. The summed E-state index contributed by atoms with van der Waals surface area (Å²) in [6.07, 6.45) is 0. The van der Waals surface area contributed by atoms with Crippen LogP contribution in [0.4, 0.5) is 11.4 Å². The molecular formula is C16H17N3O6S. The molecule has 26 heavy (non-hydrogen) atoms. The minimum Gasteiger partial charge on any atom is -0.495 e. The Morgan fingerprint density at radius 3 is 2.42 bits per heavy atom. The third-order valence-corrected chi connectivity index (χ3v) is 4.84. The van der Waals surface area contributed by atoms with E-state index in [2.05, 4.69) is 10.0 Å². The van der Waals surface area contributed by atoms with E-state index < -0.39 is 27.4 Å². The van der Waals surface area contributed by atoms with Crippen molar-refractivity contribution in [3.63, 3.8) is 0 Å². The number of carbonyl (C=O) groups excluding carboxylic acids is 1. The molecule has 0 saturated carbocycles. The normalized spacial score (nSPS) is 11.0. The summed E-state index contributed by atoms with van der Waals surface area (Å²) in [4.78, 5) is 22.3. The summed E-state index contributed by atoms with van der Waals surface area (Å²) in [5.41, 5.74) is 0.738. The first kappa shape index (κ1) is 19.3. The molecule has 0 aliphatic rings. The number of nitro benzene ring substituents is 1. The molecule has 0 spiro atoms. The highest BCUT2D eigenvalue weighted by atomic mass is 32.2. The number of methoxy groups -OCH3 is 1. The Morgan fingerprint density at radius 1 is 1.19 bits per heavy atom. The second-order valence-electron chi connectivity index (χ2n) is 5.33. The van der Waals surface area contributed by atoms with Gasteiger partial charge >= 0.3 is 0 Å². The summed E-state index contributed by atoms with van der Waals surface area (Å²) < 4.78 is 31.5. The number of hydrogen-bond acceptors (Lipinski definition) is 6. The molecule has 0 saturated heterocycles. The second kappa shape index (κ2) is 7.93. The molecule has 0 fully saturated rings. The molecule has 0 unspecified atom stereocenters. The molecule has 0 heterocycles. The van der Waals surface area contributed by atoms with Crippen molar-refractivity contribution >= 4 is 27.3 Å². The Labute approximate surface area is 150 Å². The van der Waals surface area contributed by atoms with Crippen molar-refractivity contribution in [2.45, 2.75) is 11.8 Å². The number of non-ortho nitro benzene ring substituents is 1. The van der Waals surface area contributed by atoms with Gasteiger partial charge in [-0.25, -0.2) is 13.1 Å². The second-order valence-corrected chi connectivity index (χ2v) is 7.09. The van der Waals surface area contributed by atoms with Gasteiger partial charge in [0.2, 0.25) is 15.9 Å². The zero-order chi connectivity index (χ0) is 19.3. The van der Waals surface area contributed by atoms with Crippen LogP contribution >= 0.6 is 0 Å². The number of rotatable bonds is 7. The van der Waals surface area contributed by atoms with Crippen LogP contribution < -0.4 is 14.8 Å². The number of benzene rings is 2. The average molecular weight is 379 g/mol. The highest BCUT2D eigenvalue weighted by Crippen LogP contribution is 2.28. The molecule has 0 aliphatic heterocycles. The topological polar surface area (TPSA) is 128 Å². The molecule has 9 nitrogen and oxygen atoms in total. The Balaban J connectivity index is 2.08. The van der Waals surface area contributed by atoms with Crippen LogP contribution in [-0.4, -0.2) is 32.9 Å². The van der Waals surface area contributed by atoms with Crippen LogP contribution in [-0.2, 0) is 14.8 Å². The summed E-state index contributed by atoms with van der Waals surface area (Å²) in [5.74, 6) is -0.482. The number of sulfonamides is 1. The third-order valence-electron chi connectivity index (χ3n) is 3.42. The Hall–Kier alpha value is -2.98. The van der Waals surface area contributed by atoms with Crippen LogP contribution in [0.5, 0.6) is 5.75 Å². The maximum absolute atomic E-state index is 12.2. The minimum absolute atomic E-state index is 0.0313. The summed E-state index contributed by atoms with van der Waals surface area (Å²) >= 11 is 0. The van der Waals surface area contributed by atoms with Crippen molar-refractivity contribution < 1.29 is 22.9 Å². The summed E-state index contributed by atoms with van der Waals surface area (Å²) in [5, 5.41) is 13.2. The van der Waals surface area contributed by atoms with Crippen molar-refractivity contribution in [1.29, 1.82) is 0 Å². The van der Waals surface area contributed by atoms with Crippen LogP contribution in [0, 0.1) is 17.0 Å². The molecule has 1 amide bonds. The maximum Gasteiger partial charge on any atom is 0.271 e. The fraction of sp³-hybridized carbons (Fsp3) is 0.188. The number of hydrogen-bond donors (Lipinski definition) is 2. The Kier molecular flexibility index (Phi) is 5.90. The van der Waals surface area contributed by atoms with Crippen molar-refractivity contribution in [3.05, 3.63) is 58.1 Å². The lowest BCUT2D eigenvalue weighted by Crippen LogP contribution is -2.33. The number of carbonyl (C=O) groups is 1. The lowest BCUT2D eigenvalue weighted by molar-refractivity contribution is -0.384. The zero-order valence-electron chi connectivity index (χ0n) is 14.1. The van der Waals surface area contributed by atoms with E-state index in [1.165, 1.54) is 31.4 Å². The van der Waals surface area contributed by atoms with Crippen molar-refractivity contribution in [2.24, 2.45) is 0 Å². The first-order chi connectivity index (χ1) is 12.2. The van der Waals surface area contributed by atoms with Gasteiger partial charge in [-0.1, -0.05) is 17.7 Å². The molecule has 138 valence electrons. The van der Waals surface area contributed by atoms with Gasteiger partial charge in [0.1, 0.15) is 5.75 Å². The van der Waals surface area contributed by atoms with Crippen LogP contribution in [0.15, 0.2) is 47.4 Å². The molecule has 0 aromatic heterocycles. The number of nitrogens with one attached hydrogen (secondary N) is 2.